The highest BCUT2D eigenvalue weighted by molar-refractivity contribution is 5.81. The summed E-state index contributed by atoms with van der Waals surface area (Å²) in [5, 5.41) is 3.38. The maximum Gasteiger partial charge on any atom is 0.328 e. The van der Waals surface area contributed by atoms with E-state index in [-0.39, 0.29) is 12.6 Å². The van der Waals surface area contributed by atoms with Crippen LogP contribution in [-0.4, -0.2) is 12.0 Å². The smallest absolute Gasteiger partial charge is 0.328 e. The first-order valence-electron chi connectivity index (χ1n) is 11.6. The summed E-state index contributed by atoms with van der Waals surface area (Å²) in [6.45, 7) is 3.60. The summed E-state index contributed by atoms with van der Waals surface area (Å²) < 4.78 is 5.54. The predicted molar refractivity (Wildman–Crippen MR) is 139 cm³/mol. The van der Waals surface area contributed by atoms with Crippen molar-refractivity contribution in [3.63, 3.8) is 0 Å². The van der Waals surface area contributed by atoms with Crippen LogP contribution in [0.15, 0.2) is 115 Å². The van der Waals surface area contributed by atoms with E-state index in [0.29, 0.717) is 0 Å². The van der Waals surface area contributed by atoms with Gasteiger partial charge in [0.15, 0.2) is 0 Å². The van der Waals surface area contributed by atoms with Crippen molar-refractivity contribution < 1.29 is 9.53 Å². The molecule has 4 aromatic carbocycles. The molecule has 0 heterocycles. The second kappa shape index (κ2) is 11.7. The van der Waals surface area contributed by atoms with Crippen LogP contribution in [-0.2, 0) is 29.2 Å². The zero-order valence-corrected chi connectivity index (χ0v) is 19.4. The van der Waals surface area contributed by atoms with Crippen molar-refractivity contribution in [2.24, 2.45) is 0 Å². The summed E-state index contributed by atoms with van der Waals surface area (Å²) in [6.07, 6.45) is 0. The van der Waals surface area contributed by atoms with E-state index in [1.807, 2.05) is 67.6 Å². The van der Waals surface area contributed by atoms with Crippen molar-refractivity contribution in [2.75, 3.05) is 10.2 Å². The number of nitrogens with zero attached hydrogens (tertiary/aromatic N) is 1. The molecule has 0 spiro atoms. The lowest BCUT2D eigenvalue weighted by Crippen LogP contribution is -2.30. The minimum atomic E-state index is -0.486. The number of ether oxygens (including phenoxy) is 1. The Hall–Kier alpha value is -4.05. The number of hydrogen-bond donors (Lipinski definition) is 1. The zero-order valence-electron chi connectivity index (χ0n) is 19.4. The Morgan fingerprint density at radius 1 is 0.706 bits per heavy atom. The van der Waals surface area contributed by atoms with Gasteiger partial charge < -0.3 is 15.0 Å². The molecule has 0 fully saturated rings. The minimum Gasteiger partial charge on any atom is -0.459 e. The van der Waals surface area contributed by atoms with Gasteiger partial charge in [-0.15, -0.1) is 0 Å². The average molecular weight is 451 g/mol. The monoisotopic (exact) mass is 450 g/mol. The molecule has 4 heteroatoms. The number of rotatable bonds is 10. The van der Waals surface area contributed by atoms with E-state index in [9.17, 15) is 4.79 Å². The molecule has 0 aliphatic carbocycles. The van der Waals surface area contributed by atoms with Crippen LogP contribution in [0.25, 0.3) is 0 Å². The highest BCUT2D eigenvalue weighted by Gasteiger charge is 2.18. The summed E-state index contributed by atoms with van der Waals surface area (Å²) in [6, 6.07) is 38.2. The third-order valence-corrected chi connectivity index (χ3v) is 5.63. The Labute approximate surface area is 201 Å². The van der Waals surface area contributed by atoms with E-state index in [2.05, 4.69) is 64.8 Å². The van der Waals surface area contributed by atoms with E-state index in [4.69, 9.17) is 4.74 Å². The van der Waals surface area contributed by atoms with Gasteiger partial charge in [-0.25, -0.2) is 4.79 Å². The molecule has 4 aromatic rings. The third-order valence-electron chi connectivity index (χ3n) is 5.63. The molecule has 1 N–H and O–H groups in total. The van der Waals surface area contributed by atoms with Crippen LogP contribution in [0.4, 0.5) is 11.4 Å². The first-order chi connectivity index (χ1) is 16.7. The van der Waals surface area contributed by atoms with Crippen LogP contribution in [0.1, 0.15) is 23.6 Å². The van der Waals surface area contributed by atoms with E-state index in [1.165, 1.54) is 11.1 Å². The molecule has 0 aliphatic heterocycles. The van der Waals surface area contributed by atoms with Gasteiger partial charge in [0.1, 0.15) is 12.6 Å². The van der Waals surface area contributed by atoms with Crippen LogP contribution in [0, 0.1) is 0 Å². The molecule has 0 radical (unpaired) electrons. The molecule has 0 unspecified atom stereocenters. The topological polar surface area (TPSA) is 41.6 Å². The molecule has 0 amide bonds. The van der Waals surface area contributed by atoms with Gasteiger partial charge in [0.05, 0.1) is 11.4 Å². The maximum atomic E-state index is 12.7. The number of para-hydroxylation sites is 2. The zero-order chi connectivity index (χ0) is 23.6. The van der Waals surface area contributed by atoms with E-state index in [0.717, 1.165) is 30.0 Å². The van der Waals surface area contributed by atoms with Crippen LogP contribution >= 0.6 is 0 Å². The summed E-state index contributed by atoms with van der Waals surface area (Å²) in [5.74, 6) is -0.281. The number of benzene rings is 4. The fourth-order valence-electron chi connectivity index (χ4n) is 3.85. The lowest BCUT2D eigenvalue weighted by molar-refractivity contribution is -0.145. The average Bonchev–Trinajstić information content (AvgIpc) is 2.89. The van der Waals surface area contributed by atoms with Crippen molar-refractivity contribution in [2.45, 2.75) is 32.7 Å². The highest BCUT2D eigenvalue weighted by atomic mass is 16.5. The van der Waals surface area contributed by atoms with Gasteiger partial charge in [0.25, 0.3) is 0 Å². The molecule has 1 atom stereocenters. The van der Waals surface area contributed by atoms with Crippen LogP contribution in [0.5, 0.6) is 0 Å². The molecule has 4 nitrogen and oxygen atoms in total. The van der Waals surface area contributed by atoms with Gasteiger partial charge in [0.2, 0.25) is 0 Å². The lowest BCUT2D eigenvalue weighted by atomic mass is 10.1. The van der Waals surface area contributed by atoms with Crippen LogP contribution in [0.2, 0.25) is 0 Å². The molecule has 0 aliphatic rings. The lowest BCUT2D eigenvalue weighted by Gasteiger charge is -2.28. The summed E-state index contributed by atoms with van der Waals surface area (Å²) in [7, 11) is 0. The highest BCUT2D eigenvalue weighted by Crippen LogP contribution is 2.29. The molecule has 0 bridgehead atoms. The molecule has 172 valence electrons. The summed E-state index contributed by atoms with van der Waals surface area (Å²) in [4.78, 5) is 15.0. The Morgan fingerprint density at radius 2 is 1.18 bits per heavy atom. The molecule has 0 saturated carbocycles. The molecular formula is C30H30N2O2. The maximum absolute atomic E-state index is 12.7. The van der Waals surface area contributed by atoms with Gasteiger partial charge >= 0.3 is 5.97 Å². The van der Waals surface area contributed by atoms with Gasteiger partial charge in [-0.3, -0.25) is 0 Å². The van der Waals surface area contributed by atoms with Gasteiger partial charge in [-0.05, 0) is 35.7 Å². The van der Waals surface area contributed by atoms with Gasteiger partial charge in [-0.2, -0.15) is 0 Å². The minimum absolute atomic E-state index is 0.265. The van der Waals surface area contributed by atoms with E-state index in [1.54, 1.807) is 0 Å². The largest absolute Gasteiger partial charge is 0.459 e. The van der Waals surface area contributed by atoms with Crippen LogP contribution in [0.3, 0.4) is 0 Å². The Bertz CT molecular complexity index is 1120. The van der Waals surface area contributed by atoms with Gasteiger partial charge in [-0.1, -0.05) is 103 Å². The molecule has 4 rings (SSSR count). The molecule has 0 saturated heterocycles. The number of carbonyl (C=O) groups excluding carboxylic acids is 1. The van der Waals surface area contributed by atoms with E-state index < -0.39 is 6.04 Å². The molecule has 0 aromatic heterocycles. The van der Waals surface area contributed by atoms with Crippen molar-refractivity contribution in [3.8, 4) is 0 Å². The summed E-state index contributed by atoms with van der Waals surface area (Å²) in [5.41, 5.74) is 5.36. The number of nitrogens with one attached hydrogen (secondary N) is 1. The van der Waals surface area contributed by atoms with Crippen LogP contribution < -0.4 is 10.2 Å². The fourth-order valence-corrected chi connectivity index (χ4v) is 3.85. The van der Waals surface area contributed by atoms with Crippen molar-refractivity contribution in [1.82, 2.24) is 0 Å². The van der Waals surface area contributed by atoms with Crippen molar-refractivity contribution >= 4 is 17.3 Å². The van der Waals surface area contributed by atoms with E-state index >= 15 is 0 Å². The normalized spacial score (nSPS) is 11.4. The first kappa shape index (κ1) is 23.1. The summed E-state index contributed by atoms with van der Waals surface area (Å²) >= 11 is 0. The third kappa shape index (κ3) is 6.48. The first-order valence-corrected chi connectivity index (χ1v) is 11.6. The number of anilines is 2. The SMILES string of the molecule is C[C@H](Nc1ccccc1N(Cc1ccccc1)Cc1ccccc1)C(=O)OCc1ccccc1. The quantitative estimate of drug-likeness (QED) is 0.282. The van der Waals surface area contributed by atoms with Crippen molar-refractivity contribution in [1.29, 1.82) is 0 Å². The fraction of sp³-hybridized carbons (Fsp3) is 0.167. The standard InChI is InChI=1S/C30H30N2O2/c1-24(30(33)34-23-27-17-9-4-10-18-27)31-28-19-11-12-20-29(28)32(21-25-13-5-2-6-14-25)22-26-15-7-3-8-16-26/h2-20,24,31H,21-23H2,1H3/t24-/m0/s1. The number of hydrogen-bond acceptors (Lipinski definition) is 4. The second-order valence-corrected chi connectivity index (χ2v) is 8.30. The number of carbonyl (C=O) groups is 1. The predicted octanol–water partition coefficient (Wildman–Crippen LogP) is 6.44. The Balaban J connectivity index is 1.51. The Morgan fingerprint density at radius 3 is 1.74 bits per heavy atom. The van der Waals surface area contributed by atoms with Gasteiger partial charge in [0, 0.05) is 13.1 Å². The second-order valence-electron chi connectivity index (χ2n) is 8.30. The molecular weight excluding hydrogens is 420 g/mol. The van der Waals surface area contributed by atoms with Crippen molar-refractivity contribution in [3.05, 3.63) is 132 Å². The Kier molecular flexibility index (Phi) is 7.96. The number of esters is 1. The molecule has 34 heavy (non-hydrogen) atoms.